The average Bonchev–Trinajstić information content (AvgIpc) is 2.66. The zero-order chi connectivity index (χ0) is 21.5. The summed E-state index contributed by atoms with van der Waals surface area (Å²) in [4.78, 5) is 27.6. The highest BCUT2D eigenvalue weighted by molar-refractivity contribution is 5.79. The van der Waals surface area contributed by atoms with Crippen molar-refractivity contribution < 1.29 is 31.9 Å². The Labute approximate surface area is 171 Å². The number of carbonyl (C=O) groups excluding carboxylic acids is 2. The van der Waals surface area contributed by atoms with Gasteiger partial charge in [-0.15, -0.1) is 0 Å². The number of likely N-dealkylation sites (tertiary alicyclic amines) is 2. The Morgan fingerprint density at radius 1 is 1.20 bits per heavy atom. The molecule has 3 fully saturated rings. The summed E-state index contributed by atoms with van der Waals surface area (Å²) in [6.07, 6.45) is -3.03. The van der Waals surface area contributed by atoms with E-state index in [1.165, 1.54) is 6.07 Å². The van der Waals surface area contributed by atoms with Crippen molar-refractivity contribution in [3.8, 4) is 0 Å². The molecular weight excluding hydrogens is 406 g/mol. The van der Waals surface area contributed by atoms with Crippen molar-refractivity contribution >= 4 is 11.9 Å². The van der Waals surface area contributed by atoms with Gasteiger partial charge in [0.15, 0.2) is 0 Å². The van der Waals surface area contributed by atoms with Crippen LogP contribution in [0.4, 0.5) is 22.4 Å². The number of benzene rings is 1. The fourth-order valence-corrected chi connectivity index (χ4v) is 4.27. The zero-order valence-corrected chi connectivity index (χ0v) is 16.3. The van der Waals surface area contributed by atoms with E-state index in [1.54, 1.807) is 9.80 Å². The molecule has 0 bridgehead atoms. The number of amides is 3. The number of hydrogen-bond donors (Lipinski definition) is 1. The van der Waals surface area contributed by atoms with Gasteiger partial charge in [-0.05, 0) is 42.9 Å². The van der Waals surface area contributed by atoms with E-state index in [0.717, 1.165) is 6.07 Å². The van der Waals surface area contributed by atoms with Gasteiger partial charge in [-0.25, -0.2) is 9.18 Å². The molecule has 1 aromatic carbocycles. The number of ether oxygens (including phenoxy) is 1. The van der Waals surface area contributed by atoms with Crippen LogP contribution in [-0.2, 0) is 22.1 Å². The van der Waals surface area contributed by atoms with Crippen LogP contribution >= 0.6 is 0 Å². The van der Waals surface area contributed by atoms with Gasteiger partial charge in [0.2, 0.25) is 5.91 Å². The number of rotatable bonds is 3. The molecule has 0 spiro atoms. The molecule has 0 radical (unpaired) electrons. The number of nitrogens with zero attached hydrogens (tertiary/aromatic N) is 2. The molecular formula is C20H23F4N3O3. The lowest BCUT2D eigenvalue weighted by atomic mass is 9.92. The van der Waals surface area contributed by atoms with Crippen molar-refractivity contribution in [1.29, 1.82) is 0 Å². The van der Waals surface area contributed by atoms with E-state index in [4.69, 9.17) is 4.74 Å². The van der Waals surface area contributed by atoms with Crippen molar-refractivity contribution in [2.45, 2.75) is 37.6 Å². The van der Waals surface area contributed by atoms with Gasteiger partial charge in [0.25, 0.3) is 0 Å². The van der Waals surface area contributed by atoms with Crippen LogP contribution in [0.15, 0.2) is 18.2 Å². The van der Waals surface area contributed by atoms with Gasteiger partial charge in [-0.1, -0.05) is 6.07 Å². The maximum absolute atomic E-state index is 14.0. The van der Waals surface area contributed by atoms with Crippen LogP contribution in [0.25, 0.3) is 0 Å². The van der Waals surface area contributed by atoms with Gasteiger partial charge in [0.1, 0.15) is 12.4 Å². The maximum Gasteiger partial charge on any atom is 0.416 e. The first kappa shape index (κ1) is 20.9. The molecule has 3 amide bonds. The highest BCUT2D eigenvalue weighted by atomic mass is 19.4. The maximum atomic E-state index is 14.0. The first-order valence-corrected chi connectivity index (χ1v) is 10.0. The van der Waals surface area contributed by atoms with E-state index in [2.05, 4.69) is 5.32 Å². The molecule has 30 heavy (non-hydrogen) atoms. The number of urea groups is 1. The fraction of sp³-hybridized carbons (Fsp3) is 0.600. The van der Waals surface area contributed by atoms with Gasteiger partial charge >= 0.3 is 12.2 Å². The second-order valence-electron chi connectivity index (χ2n) is 8.15. The summed E-state index contributed by atoms with van der Waals surface area (Å²) in [6.45, 7) is 2.10. The Bertz CT molecular complexity index is 826. The molecule has 0 aromatic heterocycles. The standard InChI is InChI=1S/C20H23F4N3O3/c21-15-7-14(20(22,23)24)4-3-13(15)2-1-12-8-27(9-12)19(29)26-6-5-17-16(10-26)25-18(28)11-30-17/h3-4,7,12,16-17H,1-2,5-6,8-11H2,(H,25,28)/t16-,17-/m0/s1. The van der Waals surface area contributed by atoms with Crippen molar-refractivity contribution in [2.75, 3.05) is 32.8 Å². The number of alkyl halides is 3. The summed E-state index contributed by atoms with van der Waals surface area (Å²) >= 11 is 0. The van der Waals surface area contributed by atoms with Gasteiger partial charge in [0, 0.05) is 26.2 Å². The predicted molar refractivity (Wildman–Crippen MR) is 98.0 cm³/mol. The van der Waals surface area contributed by atoms with E-state index in [9.17, 15) is 27.2 Å². The van der Waals surface area contributed by atoms with Crippen molar-refractivity contribution in [3.05, 3.63) is 35.1 Å². The minimum atomic E-state index is -4.56. The summed E-state index contributed by atoms with van der Waals surface area (Å²) in [5.41, 5.74) is -0.740. The summed E-state index contributed by atoms with van der Waals surface area (Å²) in [5, 5.41) is 2.86. The van der Waals surface area contributed by atoms with Gasteiger partial charge in [-0.3, -0.25) is 4.79 Å². The molecule has 2 atom stereocenters. The number of aryl methyl sites for hydroxylation is 1. The molecule has 6 nitrogen and oxygen atoms in total. The minimum Gasteiger partial charge on any atom is -0.366 e. The molecule has 10 heteroatoms. The highest BCUT2D eigenvalue weighted by Gasteiger charge is 2.40. The van der Waals surface area contributed by atoms with Gasteiger partial charge in [-0.2, -0.15) is 13.2 Å². The third-order valence-electron chi connectivity index (χ3n) is 6.02. The second-order valence-corrected chi connectivity index (χ2v) is 8.15. The molecule has 3 aliphatic rings. The van der Waals surface area contributed by atoms with Gasteiger partial charge in [0.05, 0.1) is 17.7 Å². The lowest BCUT2D eigenvalue weighted by Gasteiger charge is -2.46. The number of halogens is 4. The third kappa shape index (κ3) is 4.38. The lowest BCUT2D eigenvalue weighted by Crippen LogP contribution is -2.64. The Balaban J connectivity index is 1.23. The van der Waals surface area contributed by atoms with Crippen molar-refractivity contribution in [1.82, 2.24) is 15.1 Å². The predicted octanol–water partition coefficient (Wildman–Crippen LogP) is 2.42. The molecule has 3 heterocycles. The van der Waals surface area contributed by atoms with Crippen LogP contribution in [0.3, 0.4) is 0 Å². The van der Waals surface area contributed by atoms with Crippen molar-refractivity contribution in [2.24, 2.45) is 5.92 Å². The Kier molecular flexibility index (Phi) is 5.61. The molecule has 1 aromatic rings. The topological polar surface area (TPSA) is 61.9 Å². The summed E-state index contributed by atoms with van der Waals surface area (Å²) in [5.74, 6) is -0.840. The van der Waals surface area contributed by atoms with E-state index in [-0.39, 0.29) is 42.2 Å². The minimum absolute atomic E-state index is 0.0580. The van der Waals surface area contributed by atoms with Crippen LogP contribution in [-0.4, -0.2) is 66.7 Å². The number of piperidine rings is 1. The SMILES string of the molecule is O=C1CO[C@H]2CCN(C(=O)N3CC(CCc4ccc(C(F)(F)F)cc4F)C3)C[C@@H]2N1. The van der Waals surface area contributed by atoms with Crippen LogP contribution in [0, 0.1) is 11.7 Å². The van der Waals surface area contributed by atoms with E-state index >= 15 is 0 Å². The van der Waals surface area contributed by atoms with Crippen LogP contribution in [0.5, 0.6) is 0 Å². The molecule has 164 valence electrons. The first-order valence-electron chi connectivity index (χ1n) is 10.0. The van der Waals surface area contributed by atoms with E-state index < -0.39 is 17.6 Å². The molecule has 4 rings (SSSR count). The Hall–Kier alpha value is -2.36. The molecule has 3 saturated heterocycles. The number of carbonyl (C=O) groups is 2. The van der Waals surface area contributed by atoms with Crippen LogP contribution in [0.2, 0.25) is 0 Å². The van der Waals surface area contributed by atoms with E-state index in [0.29, 0.717) is 51.5 Å². The second kappa shape index (κ2) is 8.05. The Morgan fingerprint density at radius 3 is 2.67 bits per heavy atom. The smallest absolute Gasteiger partial charge is 0.366 e. The molecule has 3 aliphatic heterocycles. The van der Waals surface area contributed by atoms with Gasteiger partial charge < -0.3 is 19.9 Å². The monoisotopic (exact) mass is 429 g/mol. The normalized spacial score (nSPS) is 24.9. The highest BCUT2D eigenvalue weighted by Crippen LogP contribution is 2.31. The first-order chi connectivity index (χ1) is 14.2. The van der Waals surface area contributed by atoms with Crippen LogP contribution < -0.4 is 5.32 Å². The quantitative estimate of drug-likeness (QED) is 0.751. The molecule has 0 saturated carbocycles. The fourth-order valence-electron chi connectivity index (χ4n) is 4.27. The van der Waals surface area contributed by atoms with E-state index in [1.807, 2.05) is 0 Å². The lowest BCUT2D eigenvalue weighted by molar-refractivity contribution is -0.140. The Morgan fingerprint density at radius 2 is 1.97 bits per heavy atom. The number of nitrogens with one attached hydrogen (secondary N) is 1. The number of fused-ring (bicyclic) bond motifs is 1. The molecule has 1 N–H and O–H groups in total. The van der Waals surface area contributed by atoms with Crippen molar-refractivity contribution in [3.63, 3.8) is 0 Å². The number of morpholine rings is 1. The zero-order valence-electron chi connectivity index (χ0n) is 16.3. The molecule has 0 aliphatic carbocycles. The summed E-state index contributed by atoms with van der Waals surface area (Å²) in [7, 11) is 0. The summed E-state index contributed by atoms with van der Waals surface area (Å²) in [6, 6.07) is 2.33. The number of hydrogen-bond acceptors (Lipinski definition) is 3. The third-order valence-corrected chi connectivity index (χ3v) is 6.02. The molecule has 0 unspecified atom stereocenters. The largest absolute Gasteiger partial charge is 0.416 e. The summed E-state index contributed by atoms with van der Waals surface area (Å²) < 4.78 is 57.3. The average molecular weight is 429 g/mol. The van der Waals surface area contributed by atoms with Crippen LogP contribution in [0.1, 0.15) is 24.0 Å².